The van der Waals surface area contributed by atoms with Crippen LogP contribution in [0.5, 0.6) is 0 Å². The number of hydrogen-bond acceptors (Lipinski definition) is 5. The third-order valence-corrected chi connectivity index (χ3v) is 5.70. The molecule has 1 aliphatic heterocycles. The summed E-state index contributed by atoms with van der Waals surface area (Å²) in [6, 6.07) is 8.76. The van der Waals surface area contributed by atoms with Crippen molar-refractivity contribution in [1.82, 2.24) is 14.6 Å². The van der Waals surface area contributed by atoms with Gasteiger partial charge >= 0.3 is 0 Å². The maximum absolute atomic E-state index is 4.76. The van der Waals surface area contributed by atoms with Crippen molar-refractivity contribution in [2.45, 2.75) is 33.1 Å². The number of fused-ring (bicyclic) bond motifs is 1. The molecule has 6 heteroatoms. The first kappa shape index (κ1) is 16.4. The molecule has 1 fully saturated rings. The molecule has 1 aliphatic rings. The minimum absolute atomic E-state index is 0.0625. The van der Waals surface area contributed by atoms with E-state index in [1.165, 1.54) is 11.3 Å². The summed E-state index contributed by atoms with van der Waals surface area (Å²) < 4.78 is 1.94. The lowest BCUT2D eigenvalue weighted by Crippen LogP contribution is -2.46. The molecule has 132 valence electrons. The predicted molar refractivity (Wildman–Crippen MR) is 105 cm³/mol. The Balaban J connectivity index is 1.47. The predicted octanol–water partition coefficient (Wildman–Crippen LogP) is 3.72. The fraction of sp³-hybridized carbons (Fsp3) is 0.474. The van der Waals surface area contributed by atoms with Crippen molar-refractivity contribution in [3.8, 4) is 0 Å². The van der Waals surface area contributed by atoms with Crippen LogP contribution in [0.1, 0.15) is 32.0 Å². The van der Waals surface area contributed by atoms with E-state index in [0.29, 0.717) is 0 Å². The topological polar surface area (TPSA) is 36.7 Å². The van der Waals surface area contributed by atoms with E-state index in [9.17, 15) is 0 Å². The Kier molecular flexibility index (Phi) is 3.95. The van der Waals surface area contributed by atoms with E-state index in [1.807, 2.05) is 4.52 Å². The zero-order chi connectivity index (χ0) is 17.6. The van der Waals surface area contributed by atoms with Crippen molar-refractivity contribution in [2.75, 3.05) is 36.0 Å². The molecule has 3 heterocycles. The Morgan fingerprint density at radius 1 is 1.04 bits per heavy atom. The molecule has 0 spiro atoms. The van der Waals surface area contributed by atoms with Crippen molar-refractivity contribution >= 4 is 27.1 Å². The number of aromatic nitrogens is 3. The minimum Gasteiger partial charge on any atom is -0.368 e. The van der Waals surface area contributed by atoms with Gasteiger partial charge in [0.15, 0.2) is 0 Å². The van der Waals surface area contributed by atoms with Crippen LogP contribution >= 0.6 is 11.3 Å². The van der Waals surface area contributed by atoms with E-state index in [0.717, 1.165) is 42.0 Å². The highest BCUT2D eigenvalue weighted by Gasteiger charge is 2.23. The first-order valence-electron chi connectivity index (χ1n) is 8.83. The lowest BCUT2D eigenvalue weighted by molar-refractivity contribution is 0.572. The second-order valence-corrected chi connectivity index (χ2v) is 8.74. The molecule has 25 heavy (non-hydrogen) atoms. The summed E-state index contributed by atoms with van der Waals surface area (Å²) in [5.74, 6) is 0. The largest absolute Gasteiger partial charge is 0.368 e. The molecule has 5 nitrogen and oxygen atoms in total. The van der Waals surface area contributed by atoms with Gasteiger partial charge in [0, 0.05) is 37.3 Å². The molecule has 0 bridgehead atoms. The number of piperazine rings is 1. The van der Waals surface area contributed by atoms with Crippen molar-refractivity contribution in [1.29, 1.82) is 0 Å². The van der Waals surface area contributed by atoms with Crippen molar-refractivity contribution in [3.05, 3.63) is 41.7 Å². The van der Waals surface area contributed by atoms with Crippen LogP contribution in [0.3, 0.4) is 0 Å². The Hall–Kier alpha value is -2.08. The van der Waals surface area contributed by atoms with Gasteiger partial charge in [0.1, 0.15) is 0 Å². The molecule has 0 atom stereocenters. The first-order chi connectivity index (χ1) is 11.9. The Labute approximate surface area is 152 Å². The van der Waals surface area contributed by atoms with Gasteiger partial charge in [-0.25, -0.2) is 9.50 Å². The van der Waals surface area contributed by atoms with Gasteiger partial charge in [0.2, 0.25) is 10.1 Å². The maximum atomic E-state index is 4.76. The molecular formula is C19H25N5S. The van der Waals surface area contributed by atoms with Crippen LogP contribution in [0.4, 0.5) is 10.8 Å². The molecule has 0 N–H and O–H groups in total. The van der Waals surface area contributed by atoms with Gasteiger partial charge in [-0.05, 0) is 24.6 Å². The molecule has 0 aliphatic carbocycles. The monoisotopic (exact) mass is 355 g/mol. The fourth-order valence-electron chi connectivity index (χ4n) is 3.16. The van der Waals surface area contributed by atoms with Gasteiger partial charge < -0.3 is 9.80 Å². The number of anilines is 2. The van der Waals surface area contributed by atoms with Crippen molar-refractivity contribution in [2.24, 2.45) is 0 Å². The summed E-state index contributed by atoms with van der Waals surface area (Å²) in [5.41, 5.74) is 3.80. The van der Waals surface area contributed by atoms with Gasteiger partial charge in [-0.15, -0.1) is 5.10 Å². The molecule has 1 saturated heterocycles. The highest BCUT2D eigenvalue weighted by molar-refractivity contribution is 7.20. The summed E-state index contributed by atoms with van der Waals surface area (Å²) >= 11 is 1.69. The zero-order valence-corrected chi connectivity index (χ0v) is 16.2. The van der Waals surface area contributed by atoms with E-state index in [1.54, 1.807) is 11.3 Å². The molecule has 4 rings (SSSR count). The highest BCUT2D eigenvalue weighted by atomic mass is 32.1. The van der Waals surface area contributed by atoms with Crippen LogP contribution in [-0.2, 0) is 5.41 Å². The van der Waals surface area contributed by atoms with E-state index in [-0.39, 0.29) is 5.41 Å². The van der Waals surface area contributed by atoms with E-state index >= 15 is 0 Å². The van der Waals surface area contributed by atoms with Crippen molar-refractivity contribution < 1.29 is 0 Å². The highest BCUT2D eigenvalue weighted by Crippen LogP contribution is 2.28. The third kappa shape index (κ3) is 3.23. The number of rotatable bonds is 2. The van der Waals surface area contributed by atoms with Crippen LogP contribution in [0, 0.1) is 6.92 Å². The fourth-order valence-corrected chi connectivity index (χ4v) is 4.09. The molecule has 1 aromatic carbocycles. The number of hydrogen-bond donors (Lipinski definition) is 0. The average molecular weight is 356 g/mol. The van der Waals surface area contributed by atoms with Crippen LogP contribution < -0.4 is 9.80 Å². The smallest absolute Gasteiger partial charge is 0.214 e. The van der Waals surface area contributed by atoms with Gasteiger partial charge in [-0.1, -0.05) is 44.2 Å². The van der Waals surface area contributed by atoms with Crippen LogP contribution in [0.25, 0.3) is 4.96 Å². The van der Waals surface area contributed by atoms with Gasteiger partial charge in [0.25, 0.3) is 0 Å². The number of benzene rings is 1. The summed E-state index contributed by atoms with van der Waals surface area (Å²) in [7, 11) is 0. The normalized spacial score (nSPS) is 16.0. The Morgan fingerprint density at radius 3 is 2.40 bits per heavy atom. The lowest BCUT2D eigenvalue weighted by atomic mass is 9.93. The van der Waals surface area contributed by atoms with E-state index < -0.39 is 0 Å². The summed E-state index contributed by atoms with van der Waals surface area (Å²) in [5, 5.41) is 5.84. The van der Waals surface area contributed by atoms with E-state index in [4.69, 9.17) is 10.1 Å². The minimum atomic E-state index is 0.0625. The summed E-state index contributed by atoms with van der Waals surface area (Å²) in [6.45, 7) is 12.8. The molecular weight excluding hydrogens is 330 g/mol. The molecule has 3 aromatic rings. The van der Waals surface area contributed by atoms with Crippen LogP contribution in [0.15, 0.2) is 30.5 Å². The molecule has 2 aromatic heterocycles. The Morgan fingerprint density at radius 2 is 1.76 bits per heavy atom. The quantitative estimate of drug-likeness (QED) is 0.702. The van der Waals surface area contributed by atoms with Gasteiger partial charge in [-0.3, -0.25) is 0 Å². The van der Waals surface area contributed by atoms with E-state index in [2.05, 4.69) is 68.0 Å². The number of aryl methyl sites for hydroxylation is 1. The number of nitrogens with zero attached hydrogens (tertiary/aromatic N) is 5. The molecule has 0 radical (unpaired) electrons. The van der Waals surface area contributed by atoms with Crippen LogP contribution in [-0.4, -0.2) is 40.8 Å². The van der Waals surface area contributed by atoms with Crippen LogP contribution in [0.2, 0.25) is 0 Å². The van der Waals surface area contributed by atoms with Crippen molar-refractivity contribution in [3.63, 3.8) is 0 Å². The maximum Gasteiger partial charge on any atom is 0.214 e. The molecule has 0 amide bonds. The second-order valence-electron chi connectivity index (χ2n) is 7.80. The molecule has 0 unspecified atom stereocenters. The second kappa shape index (κ2) is 6.02. The molecule has 0 saturated carbocycles. The average Bonchev–Trinajstić information content (AvgIpc) is 3.13. The Bertz CT molecular complexity index is 849. The summed E-state index contributed by atoms with van der Waals surface area (Å²) in [4.78, 5) is 10.6. The van der Waals surface area contributed by atoms with Gasteiger partial charge in [-0.2, -0.15) is 0 Å². The lowest BCUT2D eigenvalue weighted by Gasteiger charge is -2.35. The standard InChI is InChI=1S/C19H25N5S/c1-14-6-5-7-15(12-14)22-8-10-23(11-9-22)18-21-24-13-16(19(2,3)4)20-17(24)25-18/h5-7,12-13H,8-11H2,1-4H3. The summed E-state index contributed by atoms with van der Waals surface area (Å²) in [6.07, 6.45) is 2.07. The SMILES string of the molecule is Cc1cccc(N2CCN(c3nn4cc(C(C)(C)C)nc4s3)CC2)c1. The third-order valence-electron chi connectivity index (χ3n) is 4.72. The first-order valence-corrected chi connectivity index (χ1v) is 9.65. The van der Waals surface area contributed by atoms with Gasteiger partial charge in [0.05, 0.1) is 11.9 Å². The number of imidazole rings is 1. The zero-order valence-electron chi connectivity index (χ0n) is 15.4.